The van der Waals surface area contributed by atoms with Gasteiger partial charge in [0.15, 0.2) is 5.69 Å². The van der Waals surface area contributed by atoms with Gasteiger partial charge < -0.3 is 10.3 Å². The molecule has 0 fully saturated rings. The lowest BCUT2D eigenvalue weighted by Crippen LogP contribution is -1.97. The minimum Gasteiger partial charge on any atom is -0.368 e. The van der Waals surface area contributed by atoms with E-state index in [1.807, 2.05) is 6.92 Å². The molecule has 2 aromatic heterocycles. The Kier molecular flexibility index (Phi) is 1.54. The van der Waals surface area contributed by atoms with Crippen molar-refractivity contribution in [3.8, 4) is 11.5 Å². The molecule has 0 unspecified atom stereocenters. The van der Waals surface area contributed by atoms with Gasteiger partial charge in [-0.05, 0) is 6.92 Å². The Balaban J connectivity index is 2.46. The number of hydrogen-bond donors (Lipinski definition) is 1. The first kappa shape index (κ1) is 7.78. The molecule has 68 valence electrons. The molecule has 2 aromatic rings. The van der Waals surface area contributed by atoms with E-state index in [9.17, 15) is 0 Å². The van der Waals surface area contributed by atoms with Crippen LogP contribution in [0.15, 0.2) is 10.6 Å². The van der Waals surface area contributed by atoms with Crippen LogP contribution >= 0.6 is 0 Å². The van der Waals surface area contributed by atoms with E-state index in [1.54, 1.807) is 13.1 Å². The average Bonchev–Trinajstić information content (AvgIpc) is 2.61. The third-order valence-electron chi connectivity index (χ3n) is 1.65. The fourth-order valence-electron chi connectivity index (χ4n) is 0.977. The summed E-state index contributed by atoms with van der Waals surface area (Å²) in [6.07, 6.45) is 0. The molecular formula is C7H9N5O. The van der Waals surface area contributed by atoms with Crippen molar-refractivity contribution in [1.82, 2.24) is 19.9 Å². The van der Waals surface area contributed by atoms with Crippen LogP contribution in [0.3, 0.4) is 0 Å². The standard InChI is InChI=1S/C7H9N5O/c1-4-3-5(11-13-4)6-9-7(8)12(2)10-6/h3H,1-2H3,(H2,8,9,10). The maximum atomic E-state index is 5.52. The monoisotopic (exact) mass is 179 g/mol. The summed E-state index contributed by atoms with van der Waals surface area (Å²) in [7, 11) is 1.72. The second kappa shape index (κ2) is 2.58. The minimum atomic E-state index is 0.357. The first-order valence-corrected chi connectivity index (χ1v) is 3.77. The molecule has 2 N–H and O–H groups in total. The lowest BCUT2D eigenvalue weighted by atomic mass is 10.4. The van der Waals surface area contributed by atoms with Crippen molar-refractivity contribution in [2.45, 2.75) is 6.92 Å². The highest BCUT2D eigenvalue weighted by Crippen LogP contribution is 2.15. The van der Waals surface area contributed by atoms with Crippen LogP contribution in [-0.2, 0) is 7.05 Å². The number of nitrogen functional groups attached to an aromatic ring is 1. The van der Waals surface area contributed by atoms with Crippen LogP contribution < -0.4 is 5.73 Å². The van der Waals surface area contributed by atoms with Gasteiger partial charge in [0.05, 0.1) is 0 Å². The number of hydrogen-bond acceptors (Lipinski definition) is 5. The first-order chi connectivity index (χ1) is 6.16. The van der Waals surface area contributed by atoms with Crippen molar-refractivity contribution in [1.29, 1.82) is 0 Å². The van der Waals surface area contributed by atoms with E-state index >= 15 is 0 Å². The van der Waals surface area contributed by atoms with Gasteiger partial charge in [-0.2, -0.15) is 4.98 Å². The number of aryl methyl sites for hydroxylation is 2. The summed E-state index contributed by atoms with van der Waals surface area (Å²) >= 11 is 0. The second-order valence-corrected chi connectivity index (χ2v) is 2.74. The molecule has 0 bridgehead atoms. The minimum absolute atomic E-state index is 0.357. The largest absolute Gasteiger partial charge is 0.368 e. The molecule has 0 atom stereocenters. The molecule has 6 heteroatoms. The molecule has 2 rings (SSSR count). The van der Waals surface area contributed by atoms with Crippen molar-refractivity contribution >= 4 is 5.95 Å². The Morgan fingerprint density at radius 1 is 1.54 bits per heavy atom. The van der Waals surface area contributed by atoms with E-state index in [4.69, 9.17) is 10.3 Å². The van der Waals surface area contributed by atoms with Crippen molar-refractivity contribution < 1.29 is 4.52 Å². The Hall–Kier alpha value is -1.85. The molecule has 0 aliphatic heterocycles. The van der Waals surface area contributed by atoms with Gasteiger partial charge >= 0.3 is 0 Å². The average molecular weight is 179 g/mol. The molecule has 0 aliphatic rings. The molecule has 0 radical (unpaired) electrons. The second-order valence-electron chi connectivity index (χ2n) is 2.74. The summed E-state index contributed by atoms with van der Waals surface area (Å²) in [5, 5.41) is 7.82. The van der Waals surface area contributed by atoms with Crippen molar-refractivity contribution in [3.63, 3.8) is 0 Å². The van der Waals surface area contributed by atoms with E-state index in [1.165, 1.54) is 4.68 Å². The summed E-state index contributed by atoms with van der Waals surface area (Å²) in [4.78, 5) is 4.00. The van der Waals surface area contributed by atoms with E-state index in [0.29, 0.717) is 17.5 Å². The third-order valence-corrected chi connectivity index (χ3v) is 1.65. The Morgan fingerprint density at radius 2 is 2.31 bits per heavy atom. The Morgan fingerprint density at radius 3 is 2.77 bits per heavy atom. The third kappa shape index (κ3) is 1.26. The van der Waals surface area contributed by atoms with Crippen LogP contribution in [0.2, 0.25) is 0 Å². The maximum Gasteiger partial charge on any atom is 0.218 e. The highest BCUT2D eigenvalue weighted by atomic mass is 16.5. The SMILES string of the molecule is Cc1cc(-c2nc(N)n(C)n2)no1. The first-order valence-electron chi connectivity index (χ1n) is 3.77. The molecule has 6 nitrogen and oxygen atoms in total. The zero-order valence-corrected chi connectivity index (χ0v) is 7.35. The smallest absolute Gasteiger partial charge is 0.218 e. The van der Waals surface area contributed by atoms with E-state index in [0.717, 1.165) is 5.76 Å². The van der Waals surface area contributed by atoms with Gasteiger partial charge in [0, 0.05) is 13.1 Å². The number of nitrogens with zero attached hydrogens (tertiary/aromatic N) is 4. The zero-order valence-electron chi connectivity index (χ0n) is 7.35. The fourth-order valence-corrected chi connectivity index (χ4v) is 0.977. The highest BCUT2D eigenvalue weighted by molar-refractivity contribution is 5.49. The van der Waals surface area contributed by atoms with Gasteiger partial charge in [-0.25, -0.2) is 4.68 Å². The van der Waals surface area contributed by atoms with Gasteiger partial charge in [0.1, 0.15) is 5.76 Å². The predicted molar refractivity (Wildman–Crippen MR) is 45.6 cm³/mol. The molecule has 0 saturated carbocycles. The summed E-state index contributed by atoms with van der Waals surface area (Å²) in [6.45, 7) is 1.81. The lowest BCUT2D eigenvalue weighted by Gasteiger charge is -1.85. The van der Waals surface area contributed by atoms with Crippen LogP contribution in [0.25, 0.3) is 11.5 Å². The summed E-state index contributed by atoms with van der Waals surface area (Å²) < 4.78 is 6.37. The van der Waals surface area contributed by atoms with E-state index in [-0.39, 0.29) is 0 Å². The van der Waals surface area contributed by atoms with Gasteiger partial charge in [0.25, 0.3) is 0 Å². The van der Waals surface area contributed by atoms with Crippen LogP contribution in [0.1, 0.15) is 5.76 Å². The van der Waals surface area contributed by atoms with E-state index < -0.39 is 0 Å². The number of anilines is 1. The molecule has 0 saturated heterocycles. The van der Waals surface area contributed by atoms with Gasteiger partial charge in [-0.3, -0.25) is 0 Å². The van der Waals surface area contributed by atoms with E-state index in [2.05, 4.69) is 15.2 Å². The van der Waals surface area contributed by atoms with Crippen LogP contribution in [0.5, 0.6) is 0 Å². The molecule has 13 heavy (non-hydrogen) atoms. The van der Waals surface area contributed by atoms with Gasteiger partial charge in [-0.15, -0.1) is 5.10 Å². The number of nitrogens with two attached hydrogens (primary N) is 1. The van der Waals surface area contributed by atoms with Crippen molar-refractivity contribution in [3.05, 3.63) is 11.8 Å². The lowest BCUT2D eigenvalue weighted by molar-refractivity contribution is 0.399. The van der Waals surface area contributed by atoms with Crippen molar-refractivity contribution in [2.24, 2.45) is 7.05 Å². The summed E-state index contributed by atoms with van der Waals surface area (Å²) in [5.74, 6) is 1.56. The van der Waals surface area contributed by atoms with Crippen molar-refractivity contribution in [2.75, 3.05) is 5.73 Å². The topological polar surface area (TPSA) is 82.8 Å². The summed E-state index contributed by atoms with van der Waals surface area (Å²) in [5.41, 5.74) is 6.12. The number of rotatable bonds is 1. The molecule has 0 amide bonds. The maximum absolute atomic E-state index is 5.52. The van der Waals surface area contributed by atoms with Crippen LogP contribution in [-0.4, -0.2) is 19.9 Å². The van der Waals surface area contributed by atoms with Gasteiger partial charge in [-0.1, -0.05) is 5.16 Å². The molecule has 0 aliphatic carbocycles. The summed E-state index contributed by atoms with van der Waals surface area (Å²) in [6, 6.07) is 1.76. The Labute approximate surface area is 74.4 Å². The highest BCUT2D eigenvalue weighted by Gasteiger charge is 2.10. The quantitative estimate of drug-likeness (QED) is 0.683. The normalized spacial score (nSPS) is 10.6. The predicted octanol–water partition coefficient (Wildman–Crippen LogP) is 0.361. The molecular weight excluding hydrogens is 170 g/mol. The zero-order chi connectivity index (χ0) is 9.42. The number of aromatic nitrogens is 4. The van der Waals surface area contributed by atoms with Crippen LogP contribution in [0, 0.1) is 6.92 Å². The molecule has 2 heterocycles. The van der Waals surface area contributed by atoms with Crippen LogP contribution in [0.4, 0.5) is 5.95 Å². The molecule has 0 spiro atoms. The fraction of sp³-hybridized carbons (Fsp3) is 0.286. The molecule has 0 aromatic carbocycles. The van der Waals surface area contributed by atoms with Gasteiger partial charge in [0.2, 0.25) is 11.8 Å². The Bertz CT molecular complexity index is 410.